The average Bonchev–Trinajstić information content (AvgIpc) is 3.11. The number of carbonyl (C=O) groups is 2. The van der Waals surface area contributed by atoms with E-state index in [9.17, 15) is 35.1 Å². The molecule has 1 aliphatic heterocycles. The van der Waals surface area contributed by atoms with E-state index < -0.39 is 55.0 Å². The summed E-state index contributed by atoms with van der Waals surface area (Å²) in [5, 5.41) is 50.9. The highest BCUT2D eigenvalue weighted by Crippen LogP contribution is 2.36. The summed E-state index contributed by atoms with van der Waals surface area (Å²) in [5.41, 5.74) is -1.39. The van der Waals surface area contributed by atoms with Gasteiger partial charge in [-0.1, -0.05) is 49.5 Å². The number of carbonyl (C=O) groups excluding carboxylic acids is 2. The highest BCUT2D eigenvalue weighted by molar-refractivity contribution is 9.12. The maximum absolute atomic E-state index is 12.7. The van der Waals surface area contributed by atoms with Crippen LogP contribution in [0.2, 0.25) is 0 Å². The van der Waals surface area contributed by atoms with Crippen LogP contribution in [0.25, 0.3) is 0 Å². The topological polar surface area (TPSA) is 163 Å². The molecule has 5 N–H and O–H groups in total. The summed E-state index contributed by atoms with van der Waals surface area (Å²) >= 11 is 3.19. The number of ether oxygens (including phenoxy) is 3. The second kappa shape index (κ2) is 15.6. The largest absolute Gasteiger partial charge is 0.469 e. The zero-order valence-corrected chi connectivity index (χ0v) is 23.1. The Morgan fingerprint density at radius 2 is 1.89 bits per heavy atom. The third kappa shape index (κ3) is 8.78. The van der Waals surface area contributed by atoms with Gasteiger partial charge in [0.25, 0.3) is 0 Å². The van der Waals surface area contributed by atoms with Gasteiger partial charge in [-0.15, -0.1) is 0 Å². The lowest BCUT2D eigenvalue weighted by atomic mass is 9.92. The Morgan fingerprint density at radius 1 is 1.18 bits per heavy atom. The van der Waals surface area contributed by atoms with Crippen molar-refractivity contribution in [3.63, 3.8) is 0 Å². The molecule has 0 aromatic carbocycles. The first kappa shape index (κ1) is 32.3. The van der Waals surface area contributed by atoms with Crippen LogP contribution in [0.1, 0.15) is 39.0 Å². The Hall–Kier alpha value is -1.96. The zero-order valence-electron chi connectivity index (χ0n) is 21.5. The molecule has 0 aromatic rings. The number of aliphatic hydroxyl groups is 5. The van der Waals surface area contributed by atoms with Crippen LogP contribution in [0, 0.1) is 0 Å². The number of allylic oxidation sites excluding steroid dienone is 6. The van der Waals surface area contributed by atoms with E-state index in [2.05, 4.69) is 20.7 Å². The molecule has 1 aliphatic carbocycles. The van der Waals surface area contributed by atoms with E-state index in [1.54, 1.807) is 6.08 Å². The van der Waals surface area contributed by atoms with Gasteiger partial charge in [0, 0.05) is 18.4 Å². The number of esters is 1. The monoisotopic (exact) mass is 600 g/mol. The van der Waals surface area contributed by atoms with Crippen molar-refractivity contribution >= 4 is 27.7 Å². The molecule has 7 atom stereocenters. The highest BCUT2D eigenvalue weighted by atomic mass is 79.9. The van der Waals surface area contributed by atoms with E-state index in [-0.39, 0.29) is 35.1 Å². The standard InChI is InChI=1S/C27H37BrO10/c1-3-4-5-6-7-8-14-27(35)15-19(28)22(31)18(27)11-9-10-17(12-13-21(30)36-2)37-26-25(34)24(33)23(32)20(16-29)38-26/h4-5,7-11,15,17,20,23-26,29,32-35H,3,6,12-14,16H2,1-2H3/b5-4-,8-7-,10-9+,18-11+/t17-,20-,23-,24+,25-,26+,27-/m1/s1. The number of ketones is 1. The fourth-order valence-corrected chi connectivity index (χ4v) is 4.56. The summed E-state index contributed by atoms with van der Waals surface area (Å²) in [6, 6.07) is 0. The van der Waals surface area contributed by atoms with Gasteiger partial charge < -0.3 is 39.7 Å². The molecule has 0 bridgehead atoms. The molecule has 0 spiro atoms. The first-order chi connectivity index (χ1) is 18.1. The Balaban J connectivity index is 2.21. The summed E-state index contributed by atoms with van der Waals surface area (Å²) in [6.45, 7) is 1.42. The minimum Gasteiger partial charge on any atom is -0.469 e. The molecule has 11 heteroatoms. The third-order valence-electron chi connectivity index (χ3n) is 6.17. The summed E-state index contributed by atoms with van der Waals surface area (Å²) in [4.78, 5) is 24.4. The molecule has 1 heterocycles. The van der Waals surface area contributed by atoms with Crippen LogP contribution in [0.4, 0.5) is 0 Å². The molecule has 2 rings (SSSR count). The summed E-state index contributed by atoms with van der Waals surface area (Å²) in [5.74, 6) is -0.884. The molecule has 10 nitrogen and oxygen atoms in total. The Bertz CT molecular complexity index is 954. The molecule has 2 aliphatic rings. The van der Waals surface area contributed by atoms with Crippen molar-refractivity contribution in [2.24, 2.45) is 0 Å². The molecular formula is C27H37BrO10. The number of rotatable bonds is 13. The van der Waals surface area contributed by atoms with Gasteiger partial charge in [0.05, 0.1) is 24.3 Å². The van der Waals surface area contributed by atoms with E-state index in [0.29, 0.717) is 6.42 Å². The van der Waals surface area contributed by atoms with Crippen LogP contribution in [0.5, 0.6) is 0 Å². The van der Waals surface area contributed by atoms with Gasteiger partial charge in [-0.05, 0) is 41.3 Å². The lowest BCUT2D eigenvalue weighted by Gasteiger charge is -2.40. The van der Waals surface area contributed by atoms with Crippen LogP contribution < -0.4 is 0 Å². The summed E-state index contributed by atoms with van der Waals surface area (Å²) in [6.07, 6.45) is 7.25. The lowest BCUT2D eigenvalue weighted by molar-refractivity contribution is -0.307. The normalized spacial score (nSPS) is 32.1. The third-order valence-corrected chi connectivity index (χ3v) is 6.76. The second-order valence-electron chi connectivity index (χ2n) is 8.99. The molecule has 0 saturated carbocycles. The van der Waals surface area contributed by atoms with E-state index in [1.165, 1.54) is 31.4 Å². The van der Waals surface area contributed by atoms with Crippen molar-refractivity contribution in [1.82, 2.24) is 0 Å². The van der Waals surface area contributed by atoms with Crippen LogP contribution in [-0.4, -0.2) is 93.4 Å². The summed E-state index contributed by atoms with van der Waals surface area (Å²) < 4.78 is 16.1. The van der Waals surface area contributed by atoms with Crippen molar-refractivity contribution in [1.29, 1.82) is 0 Å². The number of aliphatic hydroxyl groups excluding tert-OH is 4. The van der Waals surface area contributed by atoms with Crippen molar-refractivity contribution in [3.05, 3.63) is 58.7 Å². The second-order valence-corrected chi connectivity index (χ2v) is 9.84. The quantitative estimate of drug-likeness (QED) is 0.119. The Labute approximate surface area is 230 Å². The molecule has 38 heavy (non-hydrogen) atoms. The van der Waals surface area contributed by atoms with Gasteiger partial charge in [-0.3, -0.25) is 9.59 Å². The molecule has 212 valence electrons. The molecule has 1 fully saturated rings. The van der Waals surface area contributed by atoms with Crippen LogP contribution in [-0.2, 0) is 23.8 Å². The predicted molar refractivity (Wildman–Crippen MR) is 142 cm³/mol. The minimum absolute atomic E-state index is 0.0489. The first-order valence-electron chi connectivity index (χ1n) is 12.4. The molecule has 0 aromatic heterocycles. The maximum atomic E-state index is 12.7. The van der Waals surface area contributed by atoms with Crippen LogP contribution in [0.15, 0.2) is 58.7 Å². The van der Waals surface area contributed by atoms with Gasteiger partial charge in [0.2, 0.25) is 0 Å². The molecule has 0 radical (unpaired) electrons. The minimum atomic E-state index is -1.63. The van der Waals surface area contributed by atoms with E-state index in [1.807, 2.05) is 25.2 Å². The number of halogens is 1. The predicted octanol–water partition coefficient (Wildman–Crippen LogP) is 1.50. The van der Waals surface area contributed by atoms with Gasteiger partial charge in [-0.25, -0.2) is 0 Å². The first-order valence-corrected chi connectivity index (χ1v) is 13.2. The average molecular weight is 601 g/mol. The molecule has 0 unspecified atom stereocenters. The SMILES string of the molecule is CC/C=C\C/C=C\C[C@@]1(O)C=C(Br)C(=O)/C1=C\C=C\[C@H](CCC(=O)OC)O[C@H]1O[C@H](CO)[C@@H](O)[C@H](O)[C@H]1O. The number of hydrogen-bond acceptors (Lipinski definition) is 10. The van der Waals surface area contributed by atoms with Gasteiger partial charge in [0.1, 0.15) is 30.0 Å². The van der Waals surface area contributed by atoms with Crippen molar-refractivity contribution in [3.8, 4) is 0 Å². The van der Waals surface area contributed by atoms with Crippen molar-refractivity contribution < 1.29 is 49.3 Å². The number of hydrogen-bond donors (Lipinski definition) is 5. The smallest absolute Gasteiger partial charge is 0.305 e. The van der Waals surface area contributed by atoms with E-state index >= 15 is 0 Å². The van der Waals surface area contributed by atoms with Crippen molar-refractivity contribution in [2.75, 3.05) is 13.7 Å². The van der Waals surface area contributed by atoms with Crippen molar-refractivity contribution in [2.45, 2.75) is 81.4 Å². The van der Waals surface area contributed by atoms with E-state index in [0.717, 1.165) is 6.42 Å². The van der Waals surface area contributed by atoms with E-state index in [4.69, 9.17) is 9.47 Å². The fourth-order valence-electron chi connectivity index (χ4n) is 3.97. The van der Waals surface area contributed by atoms with Gasteiger partial charge in [-0.2, -0.15) is 0 Å². The van der Waals surface area contributed by atoms with Crippen LogP contribution in [0.3, 0.4) is 0 Å². The molecular weight excluding hydrogens is 564 g/mol. The summed E-state index contributed by atoms with van der Waals surface area (Å²) in [7, 11) is 1.24. The Kier molecular flexibility index (Phi) is 13.2. The molecule has 1 saturated heterocycles. The zero-order chi connectivity index (χ0) is 28.3. The number of Topliss-reactive ketones (excluding diaryl/α,β-unsaturated/α-hetero) is 1. The van der Waals surface area contributed by atoms with Gasteiger partial charge in [0.15, 0.2) is 12.1 Å². The molecule has 0 amide bonds. The van der Waals surface area contributed by atoms with Crippen LogP contribution >= 0.6 is 15.9 Å². The Morgan fingerprint density at radius 3 is 2.55 bits per heavy atom. The fraction of sp³-hybridized carbons (Fsp3) is 0.556. The maximum Gasteiger partial charge on any atom is 0.305 e. The lowest BCUT2D eigenvalue weighted by Crippen LogP contribution is -2.59. The number of methoxy groups -OCH3 is 1. The van der Waals surface area contributed by atoms with Gasteiger partial charge >= 0.3 is 5.97 Å². The highest BCUT2D eigenvalue weighted by Gasteiger charge is 2.44.